The third-order valence-corrected chi connectivity index (χ3v) is 4.57. The summed E-state index contributed by atoms with van der Waals surface area (Å²) in [5.41, 5.74) is 2.77. The fourth-order valence-electron chi connectivity index (χ4n) is 3.01. The molecule has 0 saturated carbocycles. The maximum Gasteiger partial charge on any atom is 0.246 e. The number of carbonyl (C=O) groups is 2. The van der Waals surface area contributed by atoms with Gasteiger partial charge in [-0.05, 0) is 30.2 Å². The van der Waals surface area contributed by atoms with E-state index in [0.717, 1.165) is 16.8 Å². The number of benzene rings is 1. The maximum absolute atomic E-state index is 12.5. The number of carbonyl (C=O) groups excluding carboxylic acids is 2. The van der Waals surface area contributed by atoms with E-state index >= 15 is 0 Å². The predicted octanol–water partition coefficient (Wildman–Crippen LogP) is 2.40. The Morgan fingerprint density at radius 1 is 0.962 bits per heavy atom. The van der Waals surface area contributed by atoms with Gasteiger partial charge in [-0.1, -0.05) is 36.4 Å². The van der Waals surface area contributed by atoms with Crippen LogP contribution in [-0.4, -0.2) is 52.8 Å². The fourth-order valence-corrected chi connectivity index (χ4v) is 3.01. The molecule has 1 aromatic heterocycles. The molecule has 0 aliphatic carbocycles. The van der Waals surface area contributed by atoms with Gasteiger partial charge in [0, 0.05) is 44.1 Å². The molecule has 0 unspecified atom stereocenters. The van der Waals surface area contributed by atoms with Crippen LogP contribution in [0.4, 0.5) is 0 Å². The van der Waals surface area contributed by atoms with Gasteiger partial charge in [0.25, 0.3) is 0 Å². The summed E-state index contributed by atoms with van der Waals surface area (Å²) in [6.07, 6.45) is 3.68. The van der Waals surface area contributed by atoms with E-state index in [-0.39, 0.29) is 11.8 Å². The van der Waals surface area contributed by atoms with Crippen LogP contribution < -0.4 is 0 Å². The van der Waals surface area contributed by atoms with Crippen molar-refractivity contribution in [3.05, 3.63) is 72.1 Å². The van der Waals surface area contributed by atoms with Gasteiger partial charge in [-0.2, -0.15) is 0 Å². The quantitative estimate of drug-likeness (QED) is 0.797. The average molecular weight is 349 g/mol. The molecule has 26 heavy (non-hydrogen) atoms. The minimum atomic E-state index is 0.00294. The standard InChI is InChI=1S/C21H23N3O2/c1-17(18-7-3-2-4-8-18)15-20(25)23-11-13-24(14-12-23)21(26)16-19-9-5-6-10-22-19/h2-10,15H,11-14,16H2,1H3/b17-15-. The van der Waals surface area contributed by atoms with E-state index in [1.165, 1.54) is 0 Å². The molecule has 2 amide bonds. The number of hydrogen-bond acceptors (Lipinski definition) is 3. The predicted molar refractivity (Wildman–Crippen MR) is 101 cm³/mol. The summed E-state index contributed by atoms with van der Waals surface area (Å²) in [6.45, 7) is 4.20. The van der Waals surface area contributed by atoms with Crippen LogP contribution in [0.3, 0.4) is 0 Å². The highest BCUT2D eigenvalue weighted by molar-refractivity contribution is 5.95. The molecule has 0 radical (unpaired) electrons. The number of aromatic nitrogens is 1. The van der Waals surface area contributed by atoms with E-state index in [1.807, 2.05) is 60.4 Å². The molecule has 3 rings (SSSR count). The molecular weight excluding hydrogens is 326 g/mol. The first kappa shape index (κ1) is 17.9. The van der Waals surface area contributed by atoms with Crippen molar-refractivity contribution in [1.29, 1.82) is 0 Å². The highest BCUT2D eigenvalue weighted by Crippen LogP contribution is 2.14. The van der Waals surface area contributed by atoms with Crippen molar-refractivity contribution < 1.29 is 9.59 Å². The molecule has 1 aliphatic rings. The Bertz CT molecular complexity index is 779. The van der Waals surface area contributed by atoms with Gasteiger partial charge in [0.1, 0.15) is 0 Å². The largest absolute Gasteiger partial charge is 0.339 e. The third-order valence-electron chi connectivity index (χ3n) is 4.57. The van der Waals surface area contributed by atoms with Crippen LogP contribution in [0, 0.1) is 0 Å². The van der Waals surface area contributed by atoms with Gasteiger partial charge in [-0.3, -0.25) is 14.6 Å². The van der Waals surface area contributed by atoms with Crippen LogP contribution >= 0.6 is 0 Å². The van der Waals surface area contributed by atoms with Gasteiger partial charge < -0.3 is 9.80 Å². The van der Waals surface area contributed by atoms with Crippen molar-refractivity contribution in [2.45, 2.75) is 13.3 Å². The molecule has 0 bridgehead atoms. The first-order chi connectivity index (χ1) is 12.6. The summed E-state index contributed by atoms with van der Waals surface area (Å²) in [5.74, 6) is 0.0648. The zero-order valence-electron chi connectivity index (χ0n) is 15.0. The minimum absolute atomic E-state index is 0.00294. The fraction of sp³-hybridized carbons (Fsp3) is 0.286. The second-order valence-corrected chi connectivity index (χ2v) is 6.40. The molecular formula is C21H23N3O2. The van der Waals surface area contributed by atoms with Crippen LogP contribution in [0.1, 0.15) is 18.2 Å². The Kier molecular flexibility index (Phi) is 5.79. The van der Waals surface area contributed by atoms with Gasteiger partial charge >= 0.3 is 0 Å². The van der Waals surface area contributed by atoms with Gasteiger partial charge in [-0.15, -0.1) is 0 Å². The lowest BCUT2D eigenvalue weighted by Crippen LogP contribution is -2.50. The van der Waals surface area contributed by atoms with Crippen molar-refractivity contribution in [2.75, 3.05) is 26.2 Å². The Labute approximate surface area is 154 Å². The molecule has 5 heteroatoms. The van der Waals surface area contributed by atoms with E-state index in [2.05, 4.69) is 4.98 Å². The van der Waals surface area contributed by atoms with Crippen LogP contribution in [-0.2, 0) is 16.0 Å². The van der Waals surface area contributed by atoms with Gasteiger partial charge in [0.05, 0.1) is 6.42 Å². The van der Waals surface area contributed by atoms with Crippen LogP contribution in [0.2, 0.25) is 0 Å². The molecule has 1 aromatic carbocycles. The molecule has 1 aliphatic heterocycles. The first-order valence-electron chi connectivity index (χ1n) is 8.84. The molecule has 2 heterocycles. The van der Waals surface area contributed by atoms with E-state index < -0.39 is 0 Å². The second kappa shape index (κ2) is 8.43. The summed E-state index contributed by atoms with van der Waals surface area (Å²) in [7, 11) is 0. The van der Waals surface area contributed by atoms with Gasteiger partial charge in [-0.25, -0.2) is 0 Å². The third kappa shape index (κ3) is 4.57. The van der Waals surface area contributed by atoms with Gasteiger partial charge in [0.15, 0.2) is 0 Å². The summed E-state index contributed by atoms with van der Waals surface area (Å²) in [5, 5.41) is 0. The smallest absolute Gasteiger partial charge is 0.246 e. The lowest BCUT2D eigenvalue weighted by molar-refractivity contribution is -0.136. The Morgan fingerprint density at radius 3 is 2.27 bits per heavy atom. The summed E-state index contributed by atoms with van der Waals surface area (Å²) >= 11 is 0. The lowest BCUT2D eigenvalue weighted by atomic mass is 10.1. The maximum atomic E-state index is 12.5. The normalized spacial score (nSPS) is 15.0. The monoisotopic (exact) mass is 349 g/mol. The summed E-state index contributed by atoms with van der Waals surface area (Å²) < 4.78 is 0. The first-order valence-corrected chi connectivity index (χ1v) is 8.84. The number of pyridine rings is 1. The summed E-state index contributed by atoms with van der Waals surface area (Å²) in [4.78, 5) is 32.7. The van der Waals surface area contributed by atoms with E-state index in [4.69, 9.17) is 0 Å². The van der Waals surface area contributed by atoms with Gasteiger partial charge in [0.2, 0.25) is 11.8 Å². The molecule has 2 aromatic rings. The highest BCUT2D eigenvalue weighted by Gasteiger charge is 2.23. The van der Waals surface area contributed by atoms with E-state index in [9.17, 15) is 9.59 Å². The van der Waals surface area contributed by atoms with Crippen molar-refractivity contribution in [3.8, 4) is 0 Å². The molecule has 1 saturated heterocycles. The molecule has 5 nitrogen and oxygen atoms in total. The number of piperazine rings is 1. The highest BCUT2D eigenvalue weighted by atomic mass is 16.2. The molecule has 134 valence electrons. The second-order valence-electron chi connectivity index (χ2n) is 6.40. The van der Waals surface area contributed by atoms with Crippen molar-refractivity contribution in [3.63, 3.8) is 0 Å². The number of nitrogens with zero attached hydrogens (tertiary/aromatic N) is 3. The lowest BCUT2D eigenvalue weighted by Gasteiger charge is -2.34. The molecule has 1 fully saturated rings. The van der Waals surface area contributed by atoms with Crippen LogP contribution in [0.5, 0.6) is 0 Å². The minimum Gasteiger partial charge on any atom is -0.339 e. The molecule has 0 atom stereocenters. The Hall–Kier alpha value is -2.95. The number of rotatable bonds is 4. The zero-order valence-corrected chi connectivity index (χ0v) is 15.0. The SMILES string of the molecule is C/C(=C/C(=O)N1CCN(C(=O)Cc2ccccn2)CC1)c1ccccc1. The number of hydrogen-bond donors (Lipinski definition) is 0. The topological polar surface area (TPSA) is 53.5 Å². The van der Waals surface area contributed by atoms with Crippen molar-refractivity contribution in [1.82, 2.24) is 14.8 Å². The van der Waals surface area contributed by atoms with Crippen molar-refractivity contribution in [2.24, 2.45) is 0 Å². The van der Waals surface area contributed by atoms with Crippen LogP contribution in [0.25, 0.3) is 5.57 Å². The molecule has 0 N–H and O–H groups in total. The summed E-state index contributed by atoms with van der Waals surface area (Å²) in [6, 6.07) is 15.4. The zero-order chi connectivity index (χ0) is 18.4. The number of amides is 2. The Balaban J connectivity index is 1.53. The average Bonchev–Trinajstić information content (AvgIpc) is 2.69. The van der Waals surface area contributed by atoms with E-state index in [0.29, 0.717) is 32.6 Å². The molecule has 0 spiro atoms. The number of allylic oxidation sites excluding steroid dienone is 1. The van der Waals surface area contributed by atoms with Crippen LogP contribution in [0.15, 0.2) is 60.8 Å². The Morgan fingerprint density at radius 2 is 1.62 bits per heavy atom. The van der Waals surface area contributed by atoms with E-state index in [1.54, 1.807) is 17.2 Å². The van der Waals surface area contributed by atoms with Crippen molar-refractivity contribution >= 4 is 17.4 Å².